The number of piperidine rings is 1. The van der Waals surface area contributed by atoms with E-state index in [4.69, 9.17) is 0 Å². The maximum Gasteiger partial charge on any atom is 0.280 e. The second kappa shape index (κ2) is 6.72. The number of halogens is 2. The second-order valence-corrected chi connectivity index (χ2v) is 7.23. The summed E-state index contributed by atoms with van der Waals surface area (Å²) >= 11 is 0. The number of nitrogens with zero attached hydrogens (tertiary/aromatic N) is 3. The van der Waals surface area contributed by atoms with Crippen LogP contribution in [0, 0.1) is 6.92 Å². The largest absolute Gasteiger partial charge is 0.349 e. The van der Waals surface area contributed by atoms with Gasteiger partial charge in [-0.2, -0.15) is 5.10 Å². The number of carbonyl (C=O) groups excluding carboxylic acids is 2. The zero-order chi connectivity index (χ0) is 18.2. The van der Waals surface area contributed by atoms with Crippen LogP contribution in [0.5, 0.6) is 0 Å². The maximum absolute atomic E-state index is 13.1. The number of hydrogen-bond donors (Lipinski definition) is 1. The quantitative estimate of drug-likeness (QED) is 0.905. The SMILES string of the molecule is Cc1cc(C(F)F)n(CC(=O)N2CCC[C@]3(C)NC(=O)CCC[C@H]23)n1. The summed E-state index contributed by atoms with van der Waals surface area (Å²) in [5.74, 6) is -0.209. The molecular weight excluding hydrogens is 330 g/mol. The molecule has 138 valence electrons. The van der Waals surface area contributed by atoms with E-state index in [9.17, 15) is 18.4 Å². The average molecular weight is 354 g/mol. The van der Waals surface area contributed by atoms with Gasteiger partial charge in [-0.1, -0.05) is 0 Å². The summed E-state index contributed by atoms with van der Waals surface area (Å²) in [4.78, 5) is 26.5. The van der Waals surface area contributed by atoms with E-state index < -0.39 is 12.0 Å². The van der Waals surface area contributed by atoms with Crippen molar-refractivity contribution in [3.63, 3.8) is 0 Å². The first kappa shape index (κ1) is 17.8. The van der Waals surface area contributed by atoms with Gasteiger partial charge in [0.25, 0.3) is 6.43 Å². The van der Waals surface area contributed by atoms with Gasteiger partial charge in [0.05, 0.1) is 17.3 Å². The molecule has 0 aliphatic carbocycles. The summed E-state index contributed by atoms with van der Waals surface area (Å²) in [6, 6.07) is 1.20. The lowest BCUT2D eigenvalue weighted by atomic mass is 9.81. The first-order valence-electron chi connectivity index (χ1n) is 8.73. The minimum atomic E-state index is -2.67. The first-order valence-corrected chi connectivity index (χ1v) is 8.73. The summed E-state index contributed by atoms with van der Waals surface area (Å²) in [5.41, 5.74) is -0.222. The van der Waals surface area contributed by atoms with Crippen molar-refractivity contribution in [2.75, 3.05) is 6.54 Å². The number of hydrogen-bond acceptors (Lipinski definition) is 3. The van der Waals surface area contributed by atoms with Crippen LogP contribution in [0.25, 0.3) is 0 Å². The van der Waals surface area contributed by atoms with Gasteiger partial charge in [0.1, 0.15) is 12.2 Å². The summed E-state index contributed by atoms with van der Waals surface area (Å²) < 4.78 is 27.4. The molecule has 1 aromatic heterocycles. The van der Waals surface area contributed by atoms with E-state index in [0.717, 1.165) is 30.4 Å². The molecule has 2 fully saturated rings. The normalized spacial score (nSPS) is 27.0. The van der Waals surface area contributed by atoms with Crippen molar-refractivity contribution in [2.45, 2.75) is 70.5 Å². The summed E-state index contributed by atoms with van der Waals surface area (Å²) in [5, 5.41) is 7.10. The molecule has 0 bridgehead atoms. The fourth-order valence-corrected chi connectivity index (χ4v) is 4.13. The van der Waals surface area contributed by atoms with Gasteiger partial charge in [0, 0.05) is 13.0 Å². The van der Waals surface area contributed by atoms with E-state index in [2.05, 4.69) is 10.4 Å². The van der Waals surface area contributed by atoms with Crippen LogP contribution in [-0.4, -0.2) is 44.6 Å². The number of rotatable bonds is 3. The van der Waals surface area contributed by atoms with Crippen molar-refractivity contribution in [1.29, 1.82) is 0 Å². The number of amides is 2. The third-order valence-electron chi connectivity index (χ3n) is 5.28. The van der Waals surface area contributed by atoms with E-state index in [-0.39, 0.29) is 30.1 Å². The Morgan fingerprint density at radius 3 is 2.96 bits per heavy atom. The van der Waals surface area contributed by atoms with Gasteiger partial charge in [-0.25, -0.2) is 8.78 Å². The van der Waals surface area contributed by atoms with Gasteiger partial charge in [0.15, 0.2) is 0 Å². The number of fused-ring (bicyclic) bond motifs is 1. The molecule has 6 nitrogen and oxygen atoms in total. The van der Waals surface area contributed by atoms with Crippen LogP contribution < -0.4 is 5.32 Å². The molecule has 0 radical (unpaired) electrons. The Kier molecular flexibility index (Phi) is 4.79. The topological polar surface area (TPSA) is 67.2 Å². The van der Waals surface area contributed by atoms with E-state index >= 15 is 0 Å². The molecule has 1 aromatic rings. The number of alkyl halides is 2. The smallest absolute Gasteiger partial charge is 0.280 e. The monoisotopic (exact) mass is 354 g/mol. The van der Waals surface area contributed by atoms with Crippen LogP contribution in [0.1, 0.15) is 56.8 Å². The summed E-state index contributed by atoms with van der Waals surface area (Å²) in [6.45, 7) is 3.99. The lowest BCUT2D eigenvalue weighted by molar-refractivity contribution is -0.139. The van der Waals surface area contributed by atoms with Crippen LogP contribution in [-0.2, 0) is 16.1 Å². The standard InChI is InChI=1S/C17H24F2N4O2/c1-11-9-12(16(18)19)23(21-11)10-15(25)22-8-4-7-17(2)13(22)5-3-6-14(24)20-17/h9,13,16H,3-8,10H2,1-2H3,(H,20,24)/t13-,17-/m0/s1. The van der Waals surface area contributed by atoms with E-state index in [0.29, 0.717) is 18.7 Å². The average Bonchev–Trinajstić information content (AvgIpc) is 2.80. The highest BCUT2D eigenvalue weighted by Crippen LogP contribution is 2.33. The predicted molar refractivity (Wildman–Crippen MR) is 87.1 cm³/mol. The number of aryl methyl sites for hydroxylation is 1. The van der Waals surface area contributed by atoms with Gasteiger partial charge in [-0.05, 0) is 45.6 Å². The van der Waals surface area contributed by atoms with Crippen molar-refractivity contribution < 1.29 is 18.4 Å². The molecule has 3 heterocycles. The van der Waals surface area contributed by atoms with Crippen molar-refractivity contribution in [2.24, 2.45) is 0 Å². The zero-order valence-corrected chi connectivity index (χ0v) is 14.6. The molecule has 8 heteroatoms. The Bertz CT molecular complexity index is 676. The fraction of sp³-hybridized carbons (Fsp3) is 0.706. The molecule has 2 saturated heterocycles. The van der Waals surface area contributed by atoms with Crippen LogP contribution in [0.3, 0.4) is 0 Å². The molecule has 0 unspecified atom stereocenters. The number of carbonyl (C=O) groups is 2. The minimum absolute atomic E-state index is 0.0157. The van der Waals surface area contributed by atoms with Crippen molar-refractivity contribution in [1.82, 2.24) is 20.0 Å². The van der Waals surface area contributed by atoms with E-state index in [1.54, 1.807) is 11.8 Å². The lowest BCUT2D eigenvalue weighted by Gasteiger charge is -2.47. The number of aromatic nitrogens is 2. The fourth-order valence-electron chi connectivity index (χ4n) is 4.13. The van der Waals surface area contributed by atoms with Crippen molar-refractivity contribution in [3.8, 4) is 0 Å². The summed E-state index contributed by atoms with van der Waals surface area (Å²) in [7, 11) is 0. The highest BCUT2D eigenvalue weighted by molar-refractivity contribution is 5.79. The molecule has 0 saturated carbocycles. The molecule has 0 aromatic carbocycles. The lowest BCUT2D eigenvalue weighted by Crippen LogP contribution is -2.63. The van der Waals surface area contributed by atoms with Crippen LogP contribution in [0.4, 0.5) is 8.78 Å². The first-order chi connectivity index (χ1) is 11.8. The molecule has 25 heavy (non-hydrogen) atoms. The summed E-state index contributed by atoms with van der Waals surface area (Å²) in [6.07, 6.45) is 0.842. The third-order valence-corrected chi connectivity index (χ3v) is 5.28. The Balaban J connectivity index is 1.80. The van der Waals surface area contributed by atoms with E-state index in [1.807, 2.05) is 6.92 Å². The molecule has 2 atom stereocenters. The Hall–Kier alpha value is -1.99. The van der Waals surface area contributed by atoms with E-state index in [1.165, 1.54) is 6.07 Å². The van der Waals surface area contributed by atoms with Gasteiger partial charge >= 0.3 is 0 Å². The van der Waals surface area contributed by atoms with Gasteiger partial charge in [0.2, 0.25) is 11.8 Å². The van der Waals surface area contributed by atoms with Crippen molar-refractivity contribution in [3.05, 3.63) is 17.5 Å². The molecular formula is C17H24F2N4O2. The molecule has 2 aliphatic heterocycles. The highest BCUT2D eigenvalue weighted by Gasteiger charge is 2.44. The molecule has 3 rings (SSSR count). The Morgan fingerprint density at radius 1 is 1.48 bits per heavy atom. The van der Waals surface area contributed by atoms with Gasteiger partial charge < -0.3 is 10.2 Å². The second-order valence-electron chi connectivity index (χ2n) is 7.23. The predicted octanol–water partition coefficient (Wildman–Crippen LogP) is 2.18. The Morgan fingerprint density at radius 2 is 2.24 bits per heavy atom. The number of nitrogens with one attached hydrogen (secondary N) is 1. The zero-order valence-electron chi connectivity index (χ0n) is 14.6. The number of likely N-dealkylation sites (tertiary alicyclic amines) is 1. The molecule has 1 N–H and O–H groups in total. The molecule has 2 aliphatic rings. The van der Waals surface area contributed by atoms with Gasteiger partial charge in [-0.3, -0.25) is 14.3 Å². The Labute approximate surface area is 145 Å². The van der Waals surface area contributed by atoms with Crippen molar-refractivity contribution >= 4 is 11.8 Å². The molecule has 2 amide bonds. The van der Waals surface area contributed by atoms with Crippen LogP contribution >= 0.6 is 0 Å². The van der Waals surface area contributed by atoms with Gasteiger partial charge in [-0.15, -0.1) is 0 Å². The molecule has 0 spiro atoms. The maximum atomic E-state index is 13.1. The highest BCUT2D eigenvalue weighted by atomic mass is 19.3. The van der Waals surface area contributed by atoms with Crippen LogP contribution in [0.15, 0.2) is 6.07 Å². The minimum Gasteiger partial charge on any atom is -0.349 e. The third kappa shape index (κ3) is 3.52. The van der Waals surface area contributed by atoms with Crippen LogP contribution in [0.2, 0.25) is 0 Å².